The molecule has 1 aliphatic rings. The van der Waals surface area contributed by atoms with E-state index in [1.807, 2.05) is 6.92 Å². The van der Waals surface area contributed by atoms with Crippen LogP contribution in [-0.4, -0.2) is 16.9 Å². The highest BCUT2D eigenvalue weighted by Gasteiger charge is 2.25. The number of amidine groups is 1. The van der Waals surface area contributed by atoms with Crippen molar-refractivity contribution in [1.29, 1.82) is 0 Å². The van der Waals surface area contributed by atoms with E-state index >= 15 is 0 Å². The molecule has 2 N–H and O–H groups in total. The van der Waals surface area contributed by atoms with Crippen LogP contribution in [0.25, 0.3) is 0 Å². The lowest BCUT2D eigenvalue weighted by molar-refractivity contribution is 0.0695. The second-order valence-electron chi connectivity index (χ2n) is 4.98. The van der Waals surface area contributed by atoms with Crippen LogP contribution in [0.1, 0.15) is 33.3 Å². The summed E-state index contributed by atoms with van der Waals surface area (Å²) >= 11 is 0. The van der Waals surface area contributed by atoms with E-state index in [9.17, 15) is 9.18 Å². The van der Waals surface area contributed by atoms with E-state index in [0.29, 0.717) is 17.0 Å². The maximum Gasteiger partial charge on any atom is 0.335 e. The first kappa shape index (κ1) is 14.1. The molecule has 0 spiro atoms. The largest absolute Gasteiger partial charge is 0.478 e. The topological polar surface area (TPSA) is 70.9 Å². The van der Waals surface area contributed by atoms with Crippen molar-refractivity contribution in [3.8, 4) is 0 Å². The molecule has 0 bridgehead atoms. The fourth-order valence-corrected chi connectivity index (χ4v) is 2.22. The standard InChI is InChI=1S/C16H13FN2O3/c1-9-5-6-13(17)12(7-9)15-18-14(19-22-15)10-3-2-4-11(8-10)16(20)21/h2-8,15H,1H3,(H,18,19)(H,20,21). The average molecular weight is 300 g/mol. The van der Waals surface area contributed by atoms with Gasteiger partial charge in [0.25, 0.3) is 0 Å². The predicted molar refractivity (Wildman–Crippen MR) is 78.0 cm³/mol. The van der Waals surface area contributed by atoms with Gasteiger partial charge in [-0.25, -0.2) is 9.18 Å². The molecule has 1 unspecified atom stereocenters. The van der Waals surface area contributed by atoms with Gasteiger partial charge in [0.1, 0.15) is 5.82 Å². The molecule has 0 aromatic heterocycles. The lowest BCUT2D eigenvalue weighted by Crippen LogP contribution is -2.24. The molecule has 0 radical (unpaired) electrons. The second-order valence-corrected chi connectivity index (χ2v) is 4.98. The Morgan fingerprint density at radius 3 is 2.91 bits per heavy atom. The first-order valence-corrected chi connectivity index (χ1v) is 6.65. The van der Waals surface area contributed by atoms with E-state index in [1.54, 1.807) is 24.3 Å². The van der Waals surface area contributed by atoms with Crippen molar-refractivity contribution in [3.63, 3.8) is 0 Å². The minimum Gasteiger partial charge on any atom is -0.478 e. The lowest BCUT2D eigenvalue weighted by Gasteiger charge is -2.12. The summed E-state index contributed by atoms with van der Waals surface area (Å²) in [4.78, 5) is 16.2. The summed E-state index contributed by atoms with van der Waals surface area (Å²) < 4.78 is 13.9. The zero-order valence-corrected chi connectivity index (χ0v) is 11.7. The number of hydrogen-bond acceptors (Lipinski definition) is 4. The smallest absolute Gasteiger partial charge is 0.335 e. The number of carbonyl (C=O) groups is 1. The van der Waals surface area contributed by atoms with E-state index in [1.165, 1.54) is 18.2 Å². The molecule has 1 atom stereocenters. The van der Waals surface area contributed by atoms with Gasteiger partial charge in [-0.15, -0.1) is 0 Å². The van der Waals surface area contributed by atoms with Crippen LogP contribution in [0, 0.1) is 12.7 Å². The van der Waals surface area contributed by atoms with Crippen LogP contribution in [0.2, 0.25) is 0 Å². The third-order valence-corrected chi connectivity index (χ3v) is 3.33. The number of aryl methyl sites for hydroxylation is 1. The Morgan fingerprint density at radius 2 is 2.14 bits per heavy atom. The Balaban J connectivity index is 1.84. The molecule has 6 heteroatoms. The van der Waals surface area contributed by atoms with Crippen LogP contribution >= 0.6 is 0 Å². The molecule has 0 saturated heterocycles. The van der Waals surface area contributed by atoms with Crippen molar-refractivity contribution in [1.82, 2.24) is 5.32 Å². The Hall–Kier alpha value is -2.89. The Labute approximate surface area is 126 Å². The summed E-state index contributed by atoms with van der Waals surface area (Å²) in [6.45, 7) is 1.86. The molecule has 0 amide bonds. The average Bonchev–Trinajstić information content (AvgIpc) is 2.99. The first-order chi connectivity index (χ1) is 10.5. The molecule has 1 aliphatic heterocycles. The number of nitrogens with one attached hydrogen (secondary N) is 1. The molecule has 2 aromatic rings. The van der Waals surface area contributed by atoms with Gasteiger partial charge in [-0.3, -0.25) is 0 Å². The van der Waals surface area contributed by atoms with E-state index in [4.69, 9.17) is 9.94 Å². The first-order valence-electron chi connectivity index (χ1n) is 6.65. The highest BCUT2D eigenvalue weighted by atomic mass is 19.1. The predicted octanol–water partition coefficient (Wildman–Crippen LogP) is 2.81. The number of rotatable bonds is 3. The molecule has 22 heavy (non-hydrogen) atoms. The molecular weight excluding hydrogens is 287 g/mol. The van der Waals surface area contributed by atoms with Gasteiger partial charge in [0, 0.05) is 5.56 Å². The minimum absolute atomic E-state index is 0.146. The zero-order chi connectivity index (χ0) is 15.7. The van der Waals surface area contributed by atoms with E-state index in [0.717, 1.165) is 5.56 Å². The fourth-order valence-electron chi connectivity index (χ4n) is 2.22. The number of carboxylic acid groups (broad SMARTS) is 1. The molecule has 3 rings (SSSR count). The molecule has 0 fully saturated rings. The summed E-state index contributed by atoms with van der Waals surface area (Å²) in [5, 5.41) is 15.8. The summed E-state index contributed by atoms with van der Waals surface area (Å²) in [5.41, 5.74) is 1.97. The lowest BCUT2D eigenvalue weighted by atomic mass is 10.1. The minimum atomic E-state index is -1.03. The quantitative estimate of drug-likeness (QED) is 0.914. The number of nitrogens with zero attached hydrogens (tertiary/aromatic N) is 1. The highest BCUT2D eigenvalue weighted by molar-refractivity contribution is 6.01. The number of oxime groups is 1. The molecule has 112 valence electrons. The number of benzene rings is 2. The number of halogens is 1. The van der Waals surface area contributed by atoms with Crippen LogP contribution < -0.4 is 5.32 Å². The van der Waals surface area contributed by atoms with E-state index in [-0.39, 0.29) is 11.4 Å². The number of hydrogen-bond donors (Lipinski definition) is 2. The third kappa shape index (κ3) is 2.63. The molecular formula is C16H13FN2O3. The zero-order valence-electron chi connectivity index (χ0n) is 11.7. The van der Waals surface area contributed by atoms with Gasteiger partial charge in [0.05, 0.1) is 11.1 Å². The van der Waals surface area contributed by atoms with Crippen LogP contribution in [0.4, 0.5) is 4.39 Å². The van der Waals surface area contributed by atoms with Crippen molar-refractivity contribution >= 4 is 11.8 Å². The Bertz CT molecular complexity index is 774. The SMILES string of the molecule is Cc1ccc(F)c(C2NC(c3cccc(C(=O)O)c3)=NO2)c1. The highest BCUT2D eigenvalue weighted by Crippen LogP contribution is 2.24. The monoisotopic (exact) mass is 300 g/mol. The fraction of sp³-hybridized carbons (Fsp3) is 0.125. The molecule has 1 heterocycles. The van der Waals surface area contributed by atoms with Gasteiger partial charge in [-0.1, -0.05) is 28.9 Å². The Morgan fingerprint density at radius 1 is 1.32 bits per heavy atom. The van der Waals surface area contributed by atoms with Crippen LogP contribution in [0.15, 0.2) is 47.6 Å². The van der Waals surface area contributed by atoms with Gasteiger partial charge >= 0.3 is 5.97 Å². The van der Waals surface area contributed by atoms with Crippen molar-refractivity contribution in [2.24, 2.45) is 5.16 Å². The molecule has 5 nitrogen and oxygen atoms in total. The molecule has 0 saturated carbocycles. The van der Waals surface area contributed by atoms with Gasteiger partial charge < -0.3 is 15.3 Å². The van der Waals surface area contributed by atoms with Crippen molar-refractivity contribution in [2.75, 3.05) is 0 Å². The maximum atomic E-state index is 13.9. The van der Waals surface area contributed by atoms with Crippen molar-refractivity contribution in [2.45, 2.75) is 13.2 Å². The van der Waals surface area contributed by atoms with Gasteiger partial charge in [0.15, 0.2) is 5.84 Å². The normalized spacial score (nSPS) is 16.6. The van der Waals surface area contributed by atoms with Gasteiger partial charge in [-0.2, -0.15) is 0 Å². The molecule has 2 aromatic carbocycles. The summed E-state index contributed by atoms with van der Waals surface area (Å²) in [6.07, 6.45) is -0.733. The van der Waals surface area contributed by atoms with E-state index < -0.39 is 12.2 Å². The van der Waals surface area contributed by atoms with Crippen LogP contribution in [-0.2, 0) is 4.84 Å². The van der Waals surface area contributed by atoms with Crippen molar-refractivity contribution < 1.29 is 19.1 Å². The summed E-state index contributed by atoms with van der Waals surface area (Å²) in [6, 6.07) is 11.0. The summed E-state index contributed by atoms with van der Waals surface area (Å²) in [7, 11) is 0. The number of aromatic carboxylic acids is 1. The molecule has 0 aliphatic carbocycles. The third-order valence-electron chi connectivity index (χ3n) is 3.33. The van der Waals surface area contributed by atoms with Crippen molar-refractivity contribution in [3.05, 3.63) is 70.5 Å². The van der Waals surface area contributed by atoms with Gasteiger partial charge in [0.2, 0.25) is 6.23 Å². The van der Waals surface area contributed by atoms with Crippen LogP contribution in [0.5, 0.6) is 0 Å². The Kier molecular flexibility index (Phi) is 3.50. The summed E-state index contributed by atoms with van der Waals surface area (Å²) in [5.74, 6) is -1.05. The van der Waals surface area contributed by atoms with E-state index in [2.05, 4.69) is 10.5 Å². The van der Waals surface area contributed by atoms with Crippen LogP contribution in [0.3, 0.4) is 0 Å². The van der Waals surface area contributed by atoms with Gasteiger partial charge in [-0.05, 0) is 31.2 Å². The maximum absolute atomic E-state index is 13.9. The number of carboxylic acids is 1. The second kappa shape index (κ2) is 5.48.